The van der Waals surface area contributed by atoms with Crippen LogP contribution in [0.2, 0.25) is 0 Å². The summed E-state index contributed by atoms with van der Waals surface area (Å²) in [6.07, 6.45) is 12.0. The Balaban J connectivity index is 1.05. The number of aromatic nitrogens is 1. The molecule has 7 heteroatoms. The monoisotopic (exact) mass is 462 g/mol. The van der Waals surface area contributed by atoms with Gasteiger partial charge in [-0.2, -0.15) is 0 Å². The van der Waals surface area contributed by atoms with E-state index < -0.39 is 5.79 Å². The molecule has 3 aliphatic heterocycles. The molecule has 1 aliphatic carbocycles. The minimum atomic E-state index is -0.406. The average molecular weight is 463 g/mol. The van der Waals surface area contributed by atoms with Crippen LogP contribution in [0.1, 0.15) is 67.3 Å². The molecule has 180 valence electrons. The second kappa shape index (κ2) is 8.45. The predicted octanol–water partition coefficient (Wildman–Crippen LogP) is 4.22. The maximum absolute atomic E-state index is 12.9. The van der Waals surface area contributed by atoms with Crippen LogP contribution in [0.3, 0.4) is 0 Å². The van der Waals surface area contributed by atoms with Gasteiger partial charge in [-0.3, -0.25) is 14.7 Å². The van der Waals surface area contributed by atoms with Crippen molar-refractivity contribution in [3.05, 3.63) is 47.8 Å². The third-order valence-corrected chi connectivity index (χ3v) is 8.51. The maximum Gasteiger partial charge on any atom is 0.256 e. The molecule has 0 radical (unpaired) electrons. The lowest BCUT2D eigenvalue weighted by molar-refractivity contribution is -0.0721. The number of carbonyl (C=O) groups excluding carboxylic acids is 1. The zero-order valence-electron chi connectivity index (χ0n) is 19.8. The number of nitrogens with zero attached hydrogens (tertiary/aromatic N) is 3. The Morgan fingerprint density at radius 3 is 2.44 bits per heavy atom. The van der Waals surface area contributed by atoms with E-state index in [2.05, 4.69) is 22.0 Å². The summed E-state index contributed by atoms with van der Waals surface area (Å²) in [4.78, 5) is 21.4. The number of amides is 1. The number of piperidine rings is 2. The molecule has 2 N–H and O–H groups in total. The van der Waals surface area contributed by atoms with Gasteiger partial charge >= 0.3 is 0 Å². The van der Waals surface area contributed by atoms with Crippen molar-refractivity contribution in [2.75, 3.05) is 31.9 Å². The van der Waals surface area contributed by atoms with Gasteiger partial charge in [-0.15, -0.1) is 0 Å². The molecule has 6 rings (SSSR count). The molecule has 1 aromatic heterocycles. The first kappa shape index (κ1) is 21.7. The second-order valence-corrected chi connectivity index (χ2v) is 10.6. The lowest BCUT2D eigenvalue weighted by Gasteiger charge is -2.47. The highest BCUT2D eigenvalue weighted by molar-refractivity contribution is 5.98. The van der Waals surface area contributed by atoms with Gasteiger partial charge in [0.2, 0.25) is 0 Å². The lowest BCUT2D eigenvalue weighted by atomic mass is 9.71. The van der Waals surface area contributed by atoms with Crippen molar-refractivity contribution >= 4 is 11.6 Å². The molecule has 1 saturated carbocycles. The molecule has 2 aromatic rings. The molecule has 3 fully saturated rings. The molecule has 4 aliphatic rings. The van der Waals surface area contributed by atoms with Crippen LogP contribution in [0.4, 0.5) is 5.69 Å². The number of nitrogens with two attached hydrogens (primary N) is 1. The zero-order valence-corrected chi connectivity index (χ0v) is 19.8. The molecular formula is C27H34N4O3. The molecule has 4 heterocycles. The summed E-state index contributed by atoms with van der Waals surface area (Å²) in [6.45, 7) is 4.69. The number of benzene rings is 1. The summed E-state index contributed by atoms with van der Waals surface area (Å²) in [5.41, 5.74) is 8.60. The Hall–Kier alpha value is -2.80. The van der Waals surface area contributed by atoms with Gasteiger partial charge in [0, 0.05) is 44.2 Å². The molecule has 0 unspecified atom stereocenters. The van der Waals surface area contributed by atoms with Crippen molar-refractivity contribution < 1.29 is 14.3 Å². The Morgan fingerprint density at radius 1 is 0.971 bits per heavy atom. The number of nitrogen functional groups attached to an aromatic ring is 1. The van der Waals surface area contributed by atoms with Crippen LogP contribution in [0.5, 0.6) is 11.5 Å². The first-order valence-corrected chi connectivity index (χ1v) is 12.8. The van der Waals surface area contributed by atoms with Gasteiger partial charge in [-0.05, 0) is 69.2 Å². The van der Waals surface area contributed by atoms with Gasteiger partial charge in [-0.25, -0.2) is 0 Å². The molecule has 1 aromatic carbocycles. The number of para-hydroxylation sites is 1. The highest BCUT2D eigenvalue weighted by atomic mass is 16.7. The maximum atomic E-state index is 12.9. The standard InChI is InChI=1S/C27H34N4O3/c28-22-18-29-13-6-21(22)25(32)31-16-11-26(12-17-31)9-14-30(15-10-26)19-20-4-3-5-23-24(20)34-27(33-23)7-1-2-8-27/h3-6,13,18H,1-2,7-12,14-17,19,28H2. The fourth-order valence-corrected chi connectivity index (χ4v) is 6.29. The number of hydrogen-bond donors (Lipinski definition) is 1. The molecule has 0 bridgehead atoms. The van der Waals surface area contributed by atoms with Gasteiger partial charge in [0.15, 0.2) is 11.5 Å². The zero-order chi connectivity index (χ0) is 23.2. The Labute approximate surface area is 201 Å². The summed E-state index contributed by atoms with van der Waals surface area (Å²) in [5, 5.41) is 0. The Kier molecular flexibility index (Phi) is 5.40. The van der Waals surface area contributed by atoms with Crippen molar-refractivity contribution in [2.45, 2.75) is 63.7 Å². The highest BCUT2D eigenvalue weighted by Crippen LogP contribution is 2.49. The first-order chi connectivity index (χ1) is 16.5. The lowest BCUT2D eigenvalue weighted by Crippen LogP contribution is -2.48. The first-order valence-electron chi connectivity index (χ1n) is 12.8. The van der Waals surface area contributed by atoms with Gasteiger partial charge in [0.05, 0.1) is 17.4 Å². The van der Waals surface area contributed by atoms with E-state index in [4.69, 9.17) is 15.2 Å². The molecule has 0 atom stereocenters. The van der Waals surface area contributed by atoms with E-state index in [9.17, 15) is 4.79 Å². The van der Waals surface area contributed by atoms with E-state index in [1.54, 1.807) is 18.5 Å². The third kappa shape index (κ3) is 3.90. The van der Waals surface area contributed by atoms with Crippen LogP contribution >= 0.6 is 0 Å². The number of hydrogen-bond acceptors (Lipinski definition) is 6. The van der Waals surface area contributed by atoms with Crippen LogP contribution < -0.4 is 15.2 Å². The minimum absolute atomic E-state index is 0.0346. The van der Waals surface area contributed by atoms with Crippen molar-refractivity contribution in [1.29, 1.82) is 0 Å². The predicted molar refractivity (Wildman–Crippen MR) is 130 cm³/mol. The largest absolute Gasteiger partial charge is 0.448 e. The van der Waals surface area contributed by atoms with E-state index in [0.29, 0.717) is 16.7 Å². The van der Waals surface area contributed by atoms with E-state index in [1.165, 1.54) is 31.2 Å². The van der Waals surface area contributed by atoms with Gasteiger partial charge in [0.25, 0.3) is 11.7 Å². The van der Waals surface area contributed by atoms with Crippen LogP contribution in [0.25, 0.3) is 0 Å². The third-order valence-electron chi connectivity index (χ3n) is 8.51. The van der Waals surface area contributed by atoms with Crippen molar-refractivity contribution in [3.8, 4) is 11.5 Å². The second-order valence-electron chi connectivity index (χ2n) is 10.6. The summed E-state index contributed by atoms with van der Waals surface area (Å²) < 4.78 is 12.7. The topological polar surface area (TPSA) is 80.9 Å². The number of fused-ring (bicyclic) bond motifs is 1. The summed E-state index contributed by atoms with van der Waals surface area (Å²) in [7, 11) is 0. The fraction of sp³-hybridized carbons (Fsp3) is 0.556. The highest BCUT2D eigenvalue weighted by Gasteiger charge is 2.45. The van der Waals surface area contributed by atoms with Crippen molar-refractivity contribution in [1.82, 2.24) is 14.8 Å². The quantitative estimate of drug-likeness (QED) is 0.736. The number of anilines is 1. The molecular weight excluding hydrogens is 428 g/mol. The summed E-state index contributed by atoms with van der Waals surface area (Å²) in [6, 6.07) is 8.06. The minimum Gasteiger partial charge on any atom is -0.448 e. The Morgan fingerprint density at radius 2 is 1.71 bits per heavy atom. The molecule has 2 spiro atoms. The van der Waals surface area contributed by atoms with Crippen LogP contribution in [-0.4, -0.2) is 52.7 Å². The smallest absolute Gasteiger partial charge is 0.256 e. The van der Waals surface area contributed by atoms with Gasteiger partial charge < -0.3 is 20.1 Å². The average Bonchev–Trinajstić information content (AvgIpc) is 3.47. The van der Waals surface area contributed by atoms with Crippen LogP contribution in [0, 0.1) is 5.41 Å². The molecule has 7 nitrogen and oxygen atoms in total. The molecule has 34 heavy (non-hydrogen) atoms. The summed E-state index contributed by atoms with van der Waals surface area (Å²) >= 11 is 0. The number of ether oxygens (including phenoxy) is 2. The van der Waals surface area contributed by atoms with Gasteiger partial charge in [-0.1, -0.05) is 12.1 Å². The summed E-state index contributed by atoms with van der Waals surface area (Å²) in [5.74, 6) is 1.51. The van der Waals surface area contributed by atoms with Crippen LogP contribution in [0.15, 0.2) is 36.7 Å². The molecule has 2 saturated heterocycles. The van der Waals surface area contributed by atoms with E-state index in [0.717, 1.165) is 69.9 Å². The van der Waals surface area contributed by atoms with Crippen LogP contribution in [-0.2, 0) is 6.54 Å². The van der Waals surface area contributed by atoms with Crippen molar-refractivity contribution in [2.24, 2.45) is 5.41 Å². The Bertz CT molecular complexity index is 1060. The normalized spacial score (nSPS) is 23.0. The number of likely N-dealkylation sites (tertiary alicyclic amines) is 2. The van der Waals surface area contributed by atoms with E-state index in [-0.39, 0.29) is 5.91 Å². The SMILES string of the molecule is Nc1cnccc1C(=O)N1CCC2(CCN(Cc3cccc4c3OC3(CCCC3)O4)CC2)CC1. The van der Waals surface area contributed by atoms with E-state index in [1.807, 2.05) is 11.0 Å². The van der Waals surface area contributed by atoms with Crippen molar-refractivity contribution in [3.63, 3.8) is 0 Å². The fourth-order valence-electron chi connectivity index (χ4n) is 6.29. The number of rotatable bonds is 3. The molecule has 1 amide bonds. The number of pyridine rings is 1. The van der Waals surface area contributed by atoms with Gasteiger partial charge in [0.1, 0.15) is 0 Å². The number of carbonyl (C=O) groups is 1. The van der Waals surface area contributed by atoms with E-state index >= 15 is 0 Å².